The highest BCUT2D eigenvalue weighted by Gasteiger charge is 2.49. The minimum Gasteiger partial charge on any atom is -0.481 e. The Balaban J connectivity index is 1.81. The molecule has 0 aliphatic heterocycles. The number of pyridine rings is 1. The van der Waals surface area contributed by atoms with Gasteiger partial charge < -0.3 is 9.67 Å². The number of nitrogens with one attached hydrogen (secondary N) is 1. The Morgan fingerprint density at radius 1 is 1.30 bits per heavy atom. The van der Waals surface area contributed by atoms with Gasteiger partial charge in [0.25, 0.3) is 0 Å². The molecule has 0 bridgehead atoms. The number of hydrogen-bond donors (Lipinski definition) is 2. The number of nitrogens with zero attached hydrogens (tertiary/aromatic N) is 3. The van der Waals surface area contributed by atoms with Crippen LogP contribution in [0.4, 0.5) is 4.39 Å². The molecule has 0 unspecified atom stereocenters. The lowest BCUT2D eigenvalue weighted by atomic mass is 9.60. The van der Waals surface area contributed by atoms with Gasteiger partial charge in [-0.2, -0.15) is 5.10 Å². The van der Waals surface area contributed by atoms with E-state index < -0.39 is 11.4 Å². The van der Waals surface area contributed by atoms with Crippen molar-refractivity contribution in [3.8, 4) is 5.69 Å². The Morgan fingerprint density at radius 3 is 2.63 bits per heavy atom. The van der Waals surface area contributed by atoms with Gasteiger partial charge in [0.05, 0.1) is 22.6 Å². The minimum absolute atomic E-state index is 0.112. The summed E-state index contributed by atoms with van der Waals surface area (Å²) in [6, 6.07) is 8.51. The summed E-state index contributed by atoms with van der Waals surface area (Å²) in [5.74, 6) is -0.753. The van der Waals surface area contributed by atoms with Gasteiger partial charge in [0, 0.05) is 22.3 Å². The fourth-order valence-electron chi connectivity index (χ4n) is 4.86. The summed E-state index contributed by atoms with van der Waals surface area (Å²) in [5.41, 5.74) is 4.84. The van der Waals surface area contributed by atoms with Crippen molar-refractivity contribution in [1.82, 2.24) is 19.7 Å². The van der Waals surface area contributed by atoms with Crippen LogP contribution in [-0.2, 0) is 4.79 Å². The number of benzene rings is 1. The molecule has 3 aromatic heterocycles. The molecule has 30 heavy (non-hydrogen) atoms. The van der Waals surface area contributed by atoms with Crippen LogP contribution in [0, 0.1) is 11.2 Å². The number of aromatic nitrogens is 4. The molecule has 0 saturated heterocycles. The molecule has 1 aliphatic rings. The molecule has 7 heteroatoms. The first-order valence-corrected chi connectivity index (χ1v) is 10.2. The number of halogens is 1. The third-order valence-corrected chi connectivity index (χ3v) is 6.37. The summed E-state index contributed by atoms with van der Waals surface area (Å²) >= 11 is 0. The summed E-state index contributed by atoms with van der Waals surface area (Å²) in [4.78, 5) is 16.6. The molecule has 0 radical (unpaired) electrons. The number of carboxylic acids is 1. The molecule has 5 rings (SSSR count). The van der Waals surface area contributed by atoms with Crippen LogP contribution in [0.1, 0.15) is 56.7 Å². The lowest BCUT2D eigenvalue weighted by molar-refractivity contribution is -0.154. The molecule has 4 aromatic rings. The maximum absolute atomic E-state index is 13.6. The predicted octanol–water partition coefficient (Wildman–Crippen LogP) is 5.13. The molecule has 1 fully saturated rings. The zero-order chi connectivity index (χ0) is 21.2. The van der Waals surface area contributed by atoms with Crippen molar-refractivity contribution in [2.24, 2.45) is 5.41 Å². The molecule has 1 aromatic carbocycles. The van der Waals surface area contributed by atoms with E-state index in [1.807, 2.05) is 0 Å². The van der Waals surface area contributed by atoms with Crippen LogP contribution in [0.3, 0.4) is 0 Å². The summed E-state index contributed by atoms with van der Waals surface area (Å²) in [7, 11) is 0. The van der Waals surface area contributed by atoms with Crippen molar-refractivity contribution in [3.63, 3.8) is 0 Å². The van der Waals surface area contributed by atoms with E-state index in [0.717, 1.165) is 33.4 Å². The van der Waals surface area contributed by atoms with Crippen LogP contribution in [0.5, 0.6) is 0 Å². The Morgan fingerprint density at radius 2 is 2.00 bits per heavy atom. The highest BCUT2D eigenvalue weighted by Crippen LogP contribution is 2.54. The van der Waals surface area contributed by atoms with E-state index in [0.29, 0.717) is 18.5 Å². The van der Waals surface area contributed by atoms with Gasteiger partial charge in [-0.05, 0) is 61.9 Å². The third kappa shape index (κ3) is 2.65. The molecular formula is C23H23FN4O2. The van der Waals surface area contributed by atoms with E-state index in [9.17, 15) is 14.3 Å². The standard InChI is InChI=1S/C23H23FN4O2/c1-12(2)20-18(14-9-23(3,10-14)22(29)30)19-17(8-13-11-25-27-21(13)26-19)28(20)16-6-4-15(24)5-7-16/h4-8,11-12,14H,9-10H2,1-3H3,(H,29,30)(H,25,26,27). The number of carboxylic acid groups (broad SMARTS) is 1. The van der Waals surface area contributed by atoms with Gasteiger partial charge in [0.2, 0.25) is 0 Å². The quantitative estimate of drug-likeness (QED) is 0.492. The second kappa shape index (κ2) is 6.39. The number of hydrogen-bond acceptors (Lipinski definition) is 3. The Hall–Kier alpha value is -3.22. The SMILES string of the molecule is CC(C)c1c(C2CC(C)(C(=O)O)C2)c2nc3[nH]ncc3cc2n1-c1ccc(F)cc1. The predicted molar refractivity (Wildman–Crippen MR) is 112 cm³/mol. The number of rotatable bonds is 4. The molecule has 0 spiro atoms. The van der Waals surface area contributed by atoms with E-state index in [1.165, 1.54) is 12.1 Å². The van der Waals surface area contributed by atoms with E-state index in [1.54, 1.807) is 25.3 Å². The largest absolute Gasteiger partial charge is 0.481 e. The molecule has 3 heterocycles. The van der Waals surface area contributed by atoms with Crippen LogP contribution in [0.25, 0.3) is 27.8 Å². The van der Waals surface area contributed by atoms with Gasteiger partial charge >= 0.3 is 5.97 Å². The first kappa shape index (κ1) is 18.8. The van der Waals surface area contributed by atoms with Crippen molar-refractivity contribution in [2.45, 2.75) is 45.4 Å². The minimum atomic E-state index is -0.754. The number of carbonyl (C=O) groups is 1. The number of aromatic amines is 1. The van der Waals surface area contributed by atoms with Crippen molar-refractivity contribution in [3.05, 3.63) is 53.6 Å². The van der Waals surface area contributed by atoms with Crippen molar-refractivity contribution >= 4 is 28.0 Å². The van der Waals surface area contributed by atoms with Crippen LogP contribution in [0.15, 0.2) is 36.5 Å². The first-order chi connectivity index (χ1) is 14.3. The lowest BCUT2D eigenvalue weighted by Gasteiger charge is -2.42. The number of fused-ring (bicyclic) bond motifs is 2. The molecule has 6 nitrogen and oxygen atoms in total. The van der Waals surface area contributed by atoms with Gasteiger partial charge in [0.1, 0.15) is 5.82 Å². The molecule has 1 aliphatic carbocycles. The Kier molecular flexibility index (Phi) is 4.00. The van der Waals surface area contributed by atoms with Crippen molar-refractivity contribution < 1.29 is 14.3 Å². The van der Waals surface area contributed by atoms with Gasteiger partial charge in [-0.15, -0.1) is 0 Å². The fraction of sp³-hybridized carbons (Fsp3) is 0.348. The average molecular weight is 406 g/mol. The number of aliphatic carboxylic acids is 1. The maximum atomic E-state index is 13.6. The zero-order valence-electron chi connectivity index (χ0n) is 17.1. The topological polar surface area (TPSA) is 83.8 Å². The third-order valence-electron chi connectivity index (χ3n) is 6.37. The lowest BCUT2D eigenvalue weighted by Crippen LogP contribution is -2.40. The van der Waals surface area contributed by atoms with E-state index in [2.05, 4.69) is 34.7 Å². The highest BCUT2D eigenvalue weighted by molar-refractivity contribution is 5.94. The van der Waals surface area contributed by atoms with E-state index in [-0.39, 0.29) is 17.7 Å². The fourth-order valence-corrected chi connectivity index (χ4v) is 4.86. The average Bonchev–Trinajstić information content (AvgIpc) is 3.26. The van der Waals surface area contributed by atoms with Crippen LogP contribution < -0.4 is 0 Å². The second-order valence-corrected chi connectivity index (χ2v) is 8.90. The Labute approximate surface area is 172 Å². The van der Waals surface area contributed by atoms with Crippen LogP contribution in [0.2, 0.25) is 0 Å². The van der Waals surface area contributed by atoms with Gasteiger partial charge in [-0.1, -0.05) is 13.8 Å². The monoisotopic (exact) mass is 406 g/mol. The van der Waals surface area contributed by atoms with Crippen LogP contribution in [-0.4, -0.2) is 30.8 Å². The second-order valence-electron chi connectivity index (χ2n) is 8.90. The van der Waals surface area contributed by atoms with E-state index >= 15 is 0 Å². The summed E-state index contributed by atoms with van der Waals surface area (Å²) < 4.78 is 15.8. The molecule has 0 amide bonds. The normalized spacial score (nSPS) is 21.4. The highest BCUT2D eigenvalue weighted by atomic mass is 19.1. The molecule has 154 valence electrons. The van der Waals surface area contributed by atoms with Crippen molar-refractivity contribution in [1.29, 1.82) is 0 Å². The molecular weight excluding hydrogens is 383 g/mol. The first-order valence-electron chi connectivity index (χ1n) is 10.2. The summed E-state index contributed by atoms with van der Waals surface area (Å²) in [6.45, 7) is 6.06. The van der Waals surface area contributed by atoms with Crippen molar-refractivity contribution in [2.75, 3.05) is 0 Å². The number of H-pyrrole nitrogens is 1. The molecule has 0 atom stereocenters. The summed E-state index contributed by atoms with van der Waals surface area (Å²) in [5, 5.41) is 17.5. The maximum Gasteiger partial charge on any atom is 0.309 e. The van der Waals surface area contributed by atoms with Gasteiger partial charge in [0.15, 0.2) is 5.65 Å². The summed E-state index contributed by atoms with van der Waals surface area (Å²) in [6.07, 6.45) is 2.89. The van der Waals surface area contributed by atoms with Gasteiger partial charge in [-0.3, -0.25) is 9.89 Å². The van der Waals surface area contributed by atoms with E-state index in [4.69, 9.17) is 4.98 Å². The Bertz CT molecular complexity index is 1280. The molecule has 1 saturated carbocycles. The molecule has 2 N–H and O–H groups in total. The zero-order valence-corrected chi connectivity index (χ0v) is 17.1. The smallest absolute Gasteiger partial charge is 0.309 e. The van der Waals surface area contributed by atoms with Gasteiger partial charge in [-0.25, -0.2) is 9.37 Å². The van der Waals surface area contributed by atoms with Crippen LogP contribution >= 0.6 is 0 Å².